The first kappa shape index (κ1) is 14.9. The summed E-state index contributed by atoms with van der Waals surface area (Å²) >= 11 is 0. The third kappa shape index (κ3) is 4.24. The smallest absolute Gasteiger partial charge is 0.372 e. The van der Waals surface area contributed by atoms with Gasteiger partial charge in [0.2, 0.25) is 0 Å². The van der Waals surface area contributed by atoms with E-state index < -0.39 is 0 Å². The first-order chi connectivity index (χ1) is 10.3. The van der Waals surface area contributed by atoms with Gasteiger partial charge in [0.25, 0.3) is 0 Å². The van der Waals surface area contributed by atoms with Gasteiger partial charge in [-0.3, -0.25) is 0 Å². The van der Waals surface area contributed by atoms with Crippen LogP contribution >= 0.6 is 0 Å². The summed E-state index contributed by atoms with van der Waals surface area (Å²) in [6.07, 6.45) is -0.286. The molecule has 0 aliphatic carbocycles. The molecule has 110 valence electrons. The molecule has 0 radical (unpaired) electrons. The van der Waals surface area contributed by atoms with E-state index in [0.717, 1.165) is 18.8 Å². The molecule has 1 aliphatic rings. The number of para-hydroxylation sites is 2. The maximum absolute atomic E-state index is 10.4. The van der Waals surface area contributed by atoms with E-state index in [-0.39, 0.29) is 6.09 Å². The van der Waals surface area contributed by atoms with Crippen molar-refractivity contribution in [1.29, 1.82) is 0 Å². The molecule has 0 atom stereocenters. The van der Waals surface area contributed by atoms with Gasteiger partial charge in [-0.1, -0.05) is 41.5 Å². The highest BCUT2D eigenvalue weighted by Gasteiger charge is 2.35. The predicted molar refractivity (Wildman–Crippen MR) is 85.4 cm³/mol. The first-order valence-corrected chi connectivity index (χ1v) is 7.13. The van der Waals surface area contributed by atoms with Crippen molar-refractivity contribution in [3.8, 4) is 0 Å². The zero-order chi connectivity index (χ0) is 15.1. The maximum atomic E-state index is 10.4. The summed E-state index contributed by atoms with van der Waals surface area (Å²) in [6.45, 7) is 6.52. The standard InChI is InChI=1S/C10H15N.C7H5NO2/c1-3-11(4-2)10-8-6-5-7-9-10;9-7-8(10-7)6-4-2-1-3-5-6/h5-9H,3-4H2,1-2H3;1-5H. The third-order valence-corrected chi connectivity index (χ3v) is 3.18. The molecular formula is C17H20N2O2. The average molecular weight is 284 g/mol. The molecule has 4 heteroatoms. The number of carbonyl (C=O) groups is 1. The van der Waals surface area contributed by atoms with Crippen molar-refractivity contribution in [3.05, 3.63) is 60.7 Å². The van der Waals surface area contributed by atoms with Gasteiger partial charge in [0.05, 0.1) is 5.69 Å². The summed E-state index contributed by atoms with van der Waals surface area (Å²) in [6, 6.07) is 19.7. The van der Waals surface area contributed by atoms with Gasteiger partial charge in [0.1, 0.15) is 0 Å². The molecule has 1 heterocycles. The van der Waals surface area contributed by atoms with Crippen LogP contribution in [0.4, 0.5) is 16.2 Å². The molecule has 1 amide bonds. The summed E-state index contributed by atoms with van der Waals surface area (Å²) in [5.41, 5.74) is 2.10. The van der Waals surface area contributed by atoms with Crippen LogP contribution in [0.15, 0.2) is 60.7 Å². The molecule has 21 heavy (non-hydrogen) atoms. The Morgan fingerprint density at radius 2 is 1.38 bits per heavy atom. The summed E-state index contributed by atoms with van der Waals surface area (Å²) < 4.78 is 0. The normalized spacial score (nSPS) is 12.1. The fourth-order valence-electron chi connectivity index (χ4n) is 2.01. The second-order valence-corrected chi connectivity index (χ2v) is 4.49. The largest absolute Gasteiger partial charge is 0.473 e. The lowest BCUT2D eigenvalue weighted by atomic mass is 10.3. The Labute approximate surface area is 125 Å². The minimum absolute atomic E-state index is 0.286. The lowest BCUT2D eigenvalue weighted by Gasteiger charge is -2.20. The molecule has 4 nitrogen and oxygen atoms in total. The monoisotopic (exact) mass is 284 g/mol. The van der Waals surface area contributed by atoms with Crippen molar-refractivity contribution in [2.75, 3.05) is 23.1 Å². The Morgan fingerprint density at radius 1 is 0.905 bits per heavy atom. The van der Waals surface area contributed by atoms with E-state index in [0.29, 0.717) is 0 Å². The van der Waals surface area contributed by atoms with Gasteiger partial charge in [-0.05, 0) is 38.1 Å². The third-order valence-electron chi connectivity index (χ3n) is 3.18. The number of hydrogen-bond donors (Lipinski definition) is 0. The number of anilines is 2. The van der Waals surface area contributed by atoms with Gasteiger partial charge in [-0.2, -0.15) is 0 Å². The van der Waals surface area contributed by atoms with Crippen molar-refractivity contribution < 1.29 is 9.63 Å². The highest BCUT2D eigenvalue weighted by Crippen LogP contribution is 2.23. The van der Waals surface area contributed by atoms with E-state index in [1.54, 1.807) is 0 Å². The molecule has 0 aromatic heterocycles. The predicted octanol–water partition coefficient (Wildman–Crippen LogP) is 4.09. The minimum Gasteiger partial charge on any atom is -0.372 e. The molecule has 0 unspecified atom stereocenters. The molecule has 3 rings (SSSR count). The minimum atomic E-state index is -0.286. The lowest BCUT2D eigenvalue weighted by Crippen LogP contribution is -2.21. The Hall–Kier alpha value is -2.49. The van der Waals surface area contributed by atoms with Crippen LogP contribution in [0.1, 0.15) is 13.8 Å². The molecule has 0 spiro atoms. The first-order valence-electron chi connectivity index (χ1n) is 7.13. The highest BCUT2D eigenvalue weighted by molar-refractivity contribution is 5.97. The van der Waals surface area contributed by atoms with Gasteiger partial charge in [-0.25, -0.2) is 4.79 Å². The second kappa shape index (κ2) is 7.33. The molecule has 0 N–H and O–H groups in total. The molecule has 1 saturated heterocycles. The number of amides is 1. The maximum Gasteiger partial charge on any atom is 0.473 e. The average Bonchev–Trinajstić information content (AvgIpc) is 3.28. The van der Waals surface area contributed by atoms with Gasteiger partial charge in [-0.15, -0.1) is 0 Å². The van der Waals surface area contributed by atoms with Crippen molar-refractivity contribution >= 4 is 17.5 Å². The van der Waals surface area contributed by atoms with Crippen LogP contribution in [0.2, 0.25) is 0 Å². The van der Waals surface area contributed by atoms with Crippen LogP contribution in [0.25, 0.3) is 0 Å². The summed E-state index contributed by atoms with van der Waals surface area (Å²) in [4.78, 5) is 17.2. The summed E-state index contributed by atoms with van der Waals surface area (Å²) in [5, 5.41) is 1.24. The molecule has 2 aromatic carbocycles. The van der Waals surface area contributed by atoms with E-state index >= 15 is 0 Å². The highest BCUT2D eigenvalue weighted by atomic mass is 16.9. The number of carbonyl (C=O) groups excluding carboxylic acids is 1. The molecule has 0 saturated carbocycles. The van der Waals surface area contributed by atoms with Crippen LogP contribution in [-0.4, -0.2) is 19.2 Å². The van der Waals surface area contributed by atoms with E-state index in [9.17, 15) is 4.79 Å². The van der Waals surface area contributed by atoms with Crippen LogP contribution in [0.5, 0.6) is 0 Å². The summed E-state index contributed by atoms with van der Waals surface area (Å²) in [7, 11) is 0. The zero-order valence-corrected chi connectivity index (χ0v) is 12.4. The summed E-state index contributed by atoms with van der Waals surface area (Å²) in [5.74, 6) is 0. The Morgan fingerprint density at radius 3 is 1.81 bits per heavy atom. The Bertz CT molecular complexity index is 554. The number of rotatable bonds is 4. The molecule has 2 aromatic rings. The van der Waals surface area contributed by atoms with Gasteiger partial charge < -0.3 is 9.74 Å². The Kier molecular flexibility index (Phi) is 5.21. The van der Waals surface area contributed by atoms with Gasteiger partial charge in [0, 0.05) is 18.8 Å². The molecule has 1 aliphatic heterocycles. The quantitative estimate of drug-likeness (QED) is 0.793. The molecule has 0 bridgehead atoms. The fraction of sp³-hybridized carbons (Fsp3) is 0.235. The lowest BCUT2D eigenvalue weighted by molar-refractivity contribution is 0.248. The van der Waals surface area contributed by atoms with E-state index in [1.165, 1.54) is 10.8 Å². The van der Waals surface area contributed by atoms with Crippen LogP contribution < -0.4 is 9.96 Å². The van der Waals surface area contributed by atoms with Crippen molar-refractivity contribution in [1.82, 2.24) is 0 Å². The van der Waals surface area contributed by atoms with Gasteiger partial charge in [0.15, 0.2) is 0 Å². The van der Waals surface area contributed by atoms with Crippen molar-refractivity contribution in [3.63, 3.8) is 0 Å². The van der Waals surface area contributed by atoms with Crippen LogP contribution in [-0.2, 0) is 4.84 Å². The fourth-order valence-corrected chi connectivity index (χ4v) is 2.01. The van der Waals surface area contributed by atoms with Crippen LogP contribution in [0.3, 0.4) is 0 Å². The molecule has 1 fully saturated rings. The zero-order valence-electron chi connectivity index (χ0n) is 12.4. The number of hydrogen-bond acceptors (Lipinski definition) is 3. The van der Waals surface area contributed by atoms with Crippen LogP contribution in [0, 0.1) is 0 Å². The van der Waals surface area contributed by atoms with E-state index in [1.807, 2.05) is 36.4 Å². The van der Waals surface area contributed by atoms with Crippen molar-refractivity contribution in [2.24, 2.45) is 0 Å². The van der Waals surface area contributed by atoms with E-state index in [4.69, 9.17) is 0 Å². The Balaban J connectivity index is 0.000000154. The van der Waals surface area contributed by atoms with Crippen molar-refractivity contribution in [2.45, 2.75) is 13.8 Å². The second-order valence-electron chi connectivity index (χ2n) is 4.49. The van der Waals surface area contributed by atoms with E-state index in [2.05, 4.69) is 47.9 Å². The van der Waals surface area contributed by atoms with Gasteiger partial charge >= 0.3 is 6.09 Å². The molecular weight excluding hydrogens is 264 g/mol. The SMILES string of the molecule is CCN(CC)c1ccccc1.O=C1ON1c1ccccc1. The topological polar surface area (TPSA) is 35.9 Å². The number of benzene rings is 2. The number of hydroxylamine groups is 1. The number of nitrogens with zero attached hydrogens (tertiary/aromatic N) is 2.